The normalized spacial score (nSPS) is 13.5. The van der Waals surface area contributed by atoms with E-state index in [1.54, 1.807) is 0 Å². The summed E-state index contributed by atoms with van der Waals surface area (Å²) in [5.41, 5.74) is 0. The lowest BCUT2D eigenvalue weighted by Crippen LogP contribution is -2.24. The van der Waals surface area contributed by atoms with E-state index in [0.29, 0.717) is 0 Å². The molecule has 0 saturated carbocycles. The van der Waals surface area contributed by atoms with Crippen LogP contribution in [0.1, 0.15) is 13.3 Å². The van der Waals surface area contributed by atoms with Crippen molar-refractivity contribution in [3.8, 4) is 0 Å². The van der Waals surface area contributed by atoms with Crippen molar-refractivity contribution in [2.24, 2.45) is 0 Å². The molecule has 1 atom stereocenters. The summed E-state index contributed by atoms with van der Waals surface area (Å²) in [4.78, 5) is 12.5. The molecule has 0 heterocycles. The molecule has 0 aromatic carbocycles. The van der Waals surface area contributed by atoms with Gasteiger partial charge < -0.3 is 10.0 Å². The molecule has 0 radical (unpaired) electrons. The van der Waals surface area contributed by atoms with Crippen LogP contribution in [0.15, 0.2) is 0 Å². The molecule has 1 N–H and O–H groups in total. The van der Waals surface area contributed by atoms with E-state index in [9.17, 15) is 4.79 Å². The molecular formula is C7H14INO2. The molecule has 0 aliphatic heterocycles. The minimum Gasteiger partial charge on any atom is -0.480 e. The van der Waals surface area contributed by atoms with Crippen LogP contribution < -0.4 is 0 Å². The molecule has 0 aliphatic rings. The van der Waals surface area contributed by atoms with Crippen molar-refractivity contribution in [3.63, 3.8) is 0 Å². The van der Waals surface area contributed by atoms with Gasteiger partial charge in [0, 0.05) is 0 Å². The number of hydrogen-bond acceptors (Lipinski definition) is 2. The Balaban J connectivity index is 3.45. The zero-order chi connectivity index (χ0) is 8.85. The third kappa shape index (κ3) is 5.43. The van der Waals surface area contributed by atoms with Crippen LogP contribution in [0.3, 0.4) is 0 Å². The maximum absolute atomic E-state index is 10.4. The Kier molecular flexibility index (Phi) is 5.85. The first kappa shape index (κ1) is 11.2. The Labute approximate surface area is 80.9 Å². The van der Waals surface area contributed by atoms with Crippen molar-refractivity contribution in [1.29, 1.82) is 0 Å². The van der Waals surface area contributed by atoms with Gasteiger partial charge >= 0.3 is 5.97 Å². The van der Waals surface area contributed by atoms with Crippen molar-refractivity contribution >= 4 is 28.6 Å². The van der Waals surface area contributed by atoms with Gasteiger partial charge in [-0.15, -0.1) is 0 Å². The second-order valence-corrected chi connectivity index (χ2v) is 3.99. The average Bonchev–Trinajstić information content (AvgIpc) is 1.99. The fourth-order valence-corrected chi connectivity index (χ4v) is 0.894. The van der Waals surface area contributed by atoms with Gasteiger partial charge in [0.2, 0.25) is 0 Å². The molecule has 1 unspecified atom stereocenters. The summed E-state index contributed by atoms with van der Waals surface area (Å²) in [6.07, 6.45) is 0.722. The molecule has 0 spiro atoms. The topological polar surface area (TPSA) is 40.5 Å². The number of alkyl halides is 1. The van der Waals surface area contributed by atoms with Gasteiger partial charge in [0.25, 0.3) is 0 Å². The maximum Gasteiger partial charge on any atom is 0.316 e. The SMILES string of the molecule is CCN(C)CCC(I)C(=O)O. The Bertz CT molecular complexity index is 130. The van der Waals surface area contributed by atoms with E-state index >= 15 is 0 Å². The lowest BCUT2D eigenvalue weighted by Gasteiger charge is -2.14. The van der Waals surface area contributed by atoms with Crippen LogP contribution >= 0.6 is 22.6 Å². The molecule has 0 amide bonds. The summed E-state index contributed by atoms with van der Waals surface area (Å²) in [5, 5.41) is 8.54. The first-order valence-corrected chi connectivity index (χ1v) is 4.88. The highest BCUT2D eigenvalue weighted by atomic mass is 127. The highest BCUT2D eigenvalue weighted by Gasteiger charge is 2.12. The van der Waals surface area contributed by atoms with Crippen LogP contribution in [0.25, 0.3) is 0 Å². The number of carboxylic acid groups (broad SMARTS) is 1. The molecule has 0 saturated heterocycles. The van der Waals surface area contributed by atoms with Gasteiger partial charge in [-0.05, 0) is 26.6 Å². The second-order valence-electron chi connectivity index (χ2n) is 2.49. The van der Waals surface area contributed by atoms with Gasteiger partial charge in [0.05, 0.1) is 0 Å². The predicted octanol–water partition coefficient (Wildman–Crippen LogP) is 1.22. The van der Waals surface area contributed by atoms with Crippen molar-refractivity contribution in [2.75, 3.05) is 20.1 Å². The van der Waals surface area contributed by atoms with Gasteiger partial charge in [-0.2, -0.15) is 0 Å². The number of rotatable bonds is 5. The number of aliphatic carboxylic acids is 1. The standard InChI is InChI=1S/C7H14INO2/c1-3-9(2)5-4-6(8)7(10)11/h6H,3-5H2,1-2H3,(H,10,11). The van der Waals surface area contributed by atoms with E-state index in [1.165, 1.54) is 0 Å². The number of carboxylic acids is 1. The van der Waals surface area contributed by atoms with Crippen LogP contribution in [-0.4, -0.2) is 40.0 Å². The molecule has 11 heavy (non-hydrogen) atoms. The van der Waals surface area contributed by atoms with Gasteiger partial charge in [0.1, 0.15) is 3.92 Å². The van der Waals surface area contributed by atoms with E-state index < -0.39 is 5.97 Å². The number of halogens is 1. The molecule has 3 nitrogen and oxygen atoms in total. The van der Waals surface area contributed by atoms with Crippen LogP contribution in [0, 0.1) is 0 Å². The van der Waals surface area contributed by atoms with Crippen LogP contribution in [0.4, 0.5) is 0 Å². The summed E-state index contributed by atoms with van der Waals surface area (Å²) in [7, 11) is 1.99. The molecule has 4 heteroatoms. The minimum absolute atomic E-state index is 0.249. The zero-order valence-electron chi connectivity index (χ0n) is 6.88. The maximum atomic E-state index is 10.4. The fourth-order valence-electron chi connectivity index (χ4n) is 0.615. The van der Waals surface area contributed by atoms with Crippen molar-refractivity contribution in [3.05, 3.63) is 0 Å². The molecular weight excluding hydrogens is 257 g/mol. The number of nitrogens with zero attached hydrogens (tertiary/aromatic N) is 1. The highest BCUT2D eigenvalue weighted by molar-refractivity contribution is 14.1. The van der Waals surface area contributed by atoms with E-state index in [0.717, 1.165) is 19.5 Å². The predicted molar refractivity (Wildman–Crippen MR) is 53.2 cm³/mol. The Morgan fingerprint density at radius 2 is 2.27 bits per heavy atom. The minimum atomic E-state index is -0.713. The van der Waals surface area contributed by atoms with Crippen molar-refractivity contribution in [1.82, 2.24) is 4.90 Å². The average molecular weight is 271 g/mol. The highest BCUT2D eigenvalue weighted by Crippen LogP contribution is 2.06. The largest absolute Gasteiger partial charge is 0.480 e. The first-order chi connectivity index (χ1) is 5.07. The Morgan fingerprint density at radius 1 is 1.73 bits per heavy atom. The van der Waals surface area contributed by atoms with Gasteiger partial charge in [0.15, 0.2) is 0 Å². The molecule has 0 aromatic heterocycles. The van der Waals surface area contributed by atoms with E-state index in [1.807, 2.05) is 29.6 Å². The number of carbonyl (C=O) groups is 1. The quantitative estimate of drug-likeness (QED) is 0.603. The third-order valence-electron chi connectivity index (χ3n) is 1.57. The summed E-state index contributed by atoms with van der Waals surface area (Å²) in [6.45, 7) is 3.89. The molecule has 0 bridgehead atoms. The fraction of sp³-hybridized carbons (Fsp3) is 0.857. The molecule has 66 valence electrons. The monoisotopic (exact) mass is 271 g/mol. The lowest BCUT2D eigenvalue weighted by atomic mass is 10.3. The van der Waals surface area contributed by atoms with Gasteiger partial charge in [-0.3, -0.25) is 4.79 Å². The zero-order valence-corrected chi connectivity index (χ0v) is 9.04. The van der Waals surface area contributed by atoms with E-state index in [-0.39, 0.29) is 3.92 Å². The Morgan fingerprint density at radius 3 is 2.64 bits per heavy atom. The van der Waals surface area contributed by atoms with Crippen LogP contribution in [0.5, 0.6) is 0 Å². The smallest absolute Gasteiger partial charge is 0.316 e. The first-order valence-electron chi connectivity index (χ1n) is 3.63. The van der Waals surface area contributed by atoms with Gasteiger partial charge in [-0.1, -0.05) is 29.5 Å². The Hall–Kier alpha value is 0.160. The third-order valence-corrected chi connectivity index (χ3v) is 2.73. The molecule has 0 rings (SSSR count). The number of hydrogen-bond donors (Lipinski definition) is 1. The van der Waals surface area contributed by atoms with Crippen molar-refractivity contribution < 1.29 is 9.90 Å². The van der Waals surface area contributed by atoms with Crippen molar-refractivity contribution in [2.45, 2.75) is 17.3 Å². The van der Waals surface area contributed by atoms with E-state index in [4.69, 9.17) is 5.11 Å². The molecule has 0 aromatic rings. The lowest BCUT2D eigenvalue weighted by molar-refractivity contribution is -0.136. The van der Waals surface area contributed by atoms with Crippen LogP contribution in [0.2, 0.25) is 0 Å². The molecule has 0 fully saturated rings. The molecule has 0 aliphatic carbocycles. The van der Waals surface area contributed by atoms with Crippen LogP contribution in [-0.2, 0) is 4.79 Å². The summed E-state index contributed by atoms with van der Waals surface area (Å²) in [6, 6.07) is 0. The second kappa shape index (κ2) is 5.77. The summed E-state index contributed by atoms with van der Waals surface area (Å²) in [5.74, 6) is -0.713. The summed E-state index contributed by atoms with van der Waals surface area (Å²) >= 11 is 1.95. The summed E-state index contributed by atoms with van der Waals surface area (Å²) < 4.78 is -0.249. The van der Waals surface area contributed by atoms with E-state index in [2.05, 4.69) is 11.8 Å². The van der Waals surface area contributed by atoms with Gasteiger partial charge in [-0.25, -0.2) is 0 Å².